The Balaban J connectivity index is 1.18. The van der Waals surface area contributed by atoms with Gasteiger partial charge in [0.1, 0.15) is 5.82 Å². The molecule has 3 aromatic heterocycles. The lowest BCUT2D eigenvalue weighted by Crippen LogP contribution is -2.45. The van der Waals surface area contributed by atoms with Crippen molar-refractivity contribution in [1.82, 2.24) is 19.3 Å². The minimum atomic E-state index is -0.616. The standard InChI is InChI=1S/C30H24F2N4O2/c31-25-12-20(4-5-24(25)29(37)35-9-7-30(16-35)17-38-18-30)22-13-26(32)28-34-14-23(36(28)15-22)11-19-3-6-27-21(10-19)2-1-8-33-27/h1-6,8,10,12-15H,7,9,11,16-18H2. The van der Waals surface area contributed by atoms with Gasteiger partial charge in [-0.25, -0.2) is 13.8 Å². The minimum absolute atomic E-state index is 0.0294. The fourth-order valence-corrected chi connectivity index (χ4v) is 5.60. The van der Waals surface area contributed by atoms with E-state index in [0.717, 1.165) is 28.6 Å². The Kier molecular flexibility index (Phi) is 5.26. The molecule has 0 atom stereocenters. The molecule has 0 bridgehead atoms. The van der Waals surface area contributed by atoms with Crippen molar-refractivity contribution in [3.05, 3.63) is 102 Å². The first-order valence-electron chi connectivity index (χ1n) is 12.6. The van der Waals surface area contributed by atoms with Gasteiger partial charge in [0, 0.05) is 60.2 Å². The highest BCUT2D eigenvalue weighted by Gasteiger charge is 2.46. The highest BCUT2D eigenvalue weighted by molar-refractivity contribution is 5.95. The summed E-state index contributed by atoms with van der Waals surface area (Å²) in [4.78, 5) is 23.3. The number of nitrogens with zero attached hydrogens (tertiary/aromatic N) is 4. The van der Waals surface area contributed by atoms with Crippen LogP contribution in [-0.4, -0.2) is 51.5 Å². The fraction of sp³-hybridized carbons (Fsp3) is 0.233. The van der Waals surface area contributed by atoms with E-state index in [0.29, 0.717) is 43.9 Å². The molecule has 190 valence electrons. The molecule has 2 aliphatic rings. The van der Waals surface area contributed by atoms with Crippen LogP contribution >= 0.6 is 0 Å². The van der Waals surface area contributed by atoms with Crippen LogP contribution in [0.3, 0.4) is 0 Å². The lowest BCUT2D eigenvalue weighted by atomic mass is 9.85. The van der Waals surface area contributed by atoms with Gasteiger partial charge in [-0.3, -0.25) is 9.78 Å². The number of amides is 1. The van der Waals surface area contributed by atoms with Crippen LogP contribution in [0, 0.1) is 17.0 Å². The zero-order chi connectivity index (χ0) is 25.9. The SMILES string of the molecule is O=C(c1ccc(-c2cc(F)c3ncc(Cc4ccc5ncccc5c4)n3c2)cc1F)N1CCC2(COC2)C1. The minimum Gasteiger partial charge on any atom is -0.380 e. The Hall–Kier alpha value is -4.17. The van der Waals surface area contributed by atoms with E-state index in [1.54, 1.807) is 34.0 Å². The molecular weight excluding hydrogens is 486 g/mol. The van der Waals surface area contributed by atoms with E-state index in [1.165, 1.54) is 18.2 Å². The number of fused-ring (bicyclic) bond motifs is 2. The van der Waals surface area contributed by atoms with Crippen molar-refractivity contribution >= 4 is 22.5 Å². The van der Waals surface area contributed by atoms with Crippen LogP contribution in [0.4, 0.5) is 8.78 Å². The third-order valence-electron chi connectivity index (χ3n) is 7.77. The lowest BCUT2D eigenvalue weighted by molar-refractivity contribution is -0.103. The lowest BCUT2D eigenvalue weighted by Gasteiger charge is -2.37. The molecule has 0 aliphatic carbocycles. The largest absolute Gasteiger partial charge is 0.380 e. The summed E-state index contributed by atoms with van der Waals surface area (Å²) in [6, 6.07) is 15.7. The van der Waals surface area contributed by atoms with Gasteiger partial charge in [-0.2, -0.15) is 0 Å². The normalized spacial score (nSPS) is 16.4. The van der Waals surface area contributed by atoms with E-state index in [-0.39, 0.29) is 22.5 Å². The maximum atomic E-state index is 15.2. The number of rotatable bonds is 4. The number of imidazole rings is 1. The molecule has 5 aromatic rings. The molecule has 7 rings (SSSR count). The number of halogens is 2. The van der Waals surface area contributed by atoms with E-state index < -0.39 is 11.6 Å². The number of carbonyl (C=O) groups is 1. The fourth-order valence-electron chi connectivity index (χ4n) is 5.60. The first-order chi connectivity index (χ1) is 18.5. The van der Waals surface area contributed by atoms with Crippen molar-refractivity contribution in [3.63, 3.8) is 0 Å². The number of pyridine rings is 2. The number of hydrogen-bond acceptors (Lipinski definition) is 4. The van der Waals surface area contributed by atoms with Crippen molar-refractivity contribution in [3.8, 4) is 11.1 Å². The average molecular weight is 511 g/mol. The molecule has 0 N–H and O–H groups in total. The number of likely N-dealkylation sites (tertiary alicyclic amines) is 1. The summed E-state index contributed by atoms with van der Waals surface area (Å²) in [6.07, 6.45) is 6.60. The van der Waals surface area contributed by atoms with Gasteiger partial charge in [-0.05, 0) is 53.9 Å². The van der Waals surface area contributed by atoms with Gasteiger partial charge in [0.25, 0.3) is 5.91 Å². The third kappa shape index (κ3) is 3.83. The van der Waals surface area contributed by atoms with E-state index >= 15 is 8.78 Å². The number of benzene rings is 2. The van der Waals surface area contributed by atoms with Crippen molar-refractivity contribution in [2.24, 2.45) is 5.41 Å². The zero-order valence-electron chi connectivity index (χ0n) is 20.5. The molecule has 1 spiro atoms. The van der Waals surface area contributed by atoms with Crippen molar-refractivity contribution in [1.29, 1.82) is 0 Å². The zero-order valence-corrected chi connectivity index (χ0v) is 20.5. The first-order valence-corrected chi connectivity index (χ1v) is 12.6. The van der Waals surface area contributed by atoms with Crippen LogP contribution in [0.2, 0.25) is 0 Å². The molecule has 6 nitrogen and oxygen atoms in total. The molecular formula is C30H24F2N4O2. The van der Waals surface area contributed by atoms with Crippen molar-refractivity contribution in [2.45, 2.75) is 12.8 Å². The van der Waals surface area contributed by atoms with Gasteiger partial charge < -0.3 is 14.0 Å². The molecule has 38 heavy (non-hydrogen) atoms. The Morgan fingerprint density at radius 3 is 2.66 bits per heavy atom. The summed E-state index contributed by atoms with van der Waals surface area (Å²) in [5.74, 6) is -1.43. The molecule has 2 aromatic carbocycles. The molecule has 2 aliphatic heterocycles. The van der Waals surface area contributed by atoms with Gasteiger partial charge in [-0.15, -0.1) is 0 Å². The second-order valence-electron chi connectivity index (χ2n) is 10.4. The number of hydrogen-bond donors (Lipinski definition) is 0. The number of aromatic nitrogens is 3. The van der Waals surface area contributed by atoms with Crippen molar-refractivity contribution < 1.29 is 18.3 Å². The highest BCUT2D eigenvalue weighted by atomic mass is 19.1. The summed E-state index contributed by atoms with van der Waals surface area (Å²) in [6.45, 7) is 2.50. The van der Waals surface area contributed by atoms with Crippen LogP contribution in [-0.2, 0) is 11.2 Å². The molecule has 1 amide bonds. The van der Waals surface area contributed by atoms with Gasteiger partial charge in [0.15, 0.2) is 11.5 Å². The van der Waals surface area contributed by atoms with Crippen LogP contribution in [0.1, 0.15) is 28.0 Å². The second-order valence-corrected chi connectivity index (χ2v) is 10.4. The van der Waals surface area contributed by atoms with Gasteiger partial charge >= 0.3 is 0 Å². The predicted octanol–water partition coefficient (Wildman–Crippen LogP) is 5.28. The summed E-state index contributed by atoms with van der Waals surface area (Å²) in [7, 11) is 0. The summed E-state index contributed by atoms with van der Waals surface area (Å²) in [5, 5.41) is 1.03. The summed E-state index contributed by atoms with van der Waals surface area (Å²) < 4.78 is 37.3. The van der Waals surface area contributed by atoms with Crippen LogP contribution in [0.15, 0.2) is 73.2 Å². The van der Waals surface area contributed by atoms with E-state index in [9.17, 15) is 4.79 Å². The Labute approximate surface area is 217 Å². The van der Waals surface area contributed by atoms with Gasteiger partial charge in [0.2, 0.25) is 0 Å². The van der Waals surface area contributed by atoms with E-state index in [1.807, 2.05) is 24.3 Å². The molecule has 2 fully saturated rings. The maximum absolute atomic E-state index is 15.2. The monoisotopic (exact) mass is 510 g/mol. The second kappa shape index (κ2) is 8.70. The Bertz CT molecular complexity index is 1730. The van der Waals surface area contributed by atoms with Crippen molar-refractivity contribution in [2.75, 3.05) is 26.3 Å². The topological polar surface area (TPSA) is 59.7 Å². The third-order valence-corrected chi connectivity index (χ3v) is 7.77. The van der Waals surface area contributed by atoms with Crippen LogP contribution in [0.25, 0.3) is 27.7 Å². The number of ether oxygens (including phenoxy) is 1. The molecule has 0 saturated carbocycles. The Morgan fingerprint density at radius 1 is 1.00 bits per heavy atom. The molecule has 8 heteroatoms. The maximum Gasteiger partial charge on any atom is 0.256 e. The molecule has 0 radical (unpaired) electrons. The van der Waals surface area contributed by atoms with Gasteiger partial charge in [-0.1, -0.05) is 18.2 Å². The highest BCUT2D eigenvalue weighted by Crippen LogP contribution is 2.38. The van der Waals surface area contributed by atoms with Crippen LogP contribution in [0.5, 0.6) is 0 Å². The summed E-state index contributed by atoms with van der Waals surface area (Å²) >= 11 is 0. The molecule has 5 heterocycles. The van der Waals surface area contributed by atoms with Gasteiger partial charge in [0.05, 0.1) is 24.3 Å². The number of carbonyl (C=O) groups excluding carboxylic acids is 1. The van der Waals surface area contributed by atoms with E-state index in [2.05, 4.69) is 16.0 Å². The Morgan fingerprint density at radius 2 is 1.87 bits per heavy atom. The average Bonchev–Trinajstić information content (AvgIpc) is 3.54. The van der Waals surface area contributed by atoms with Crippen LogP contribution < -0.4 is 0 Å². The molecule has 2 saturated heterocycles. The summed E-state index contributed by atoms with van der Waals surface area (Å²) in [5.41, 5.74) is 4.02. The smallest absolute Gasteiger partial charge is 0.256 e. The molecule has 0 unspecified atom stereocenters. The quantitative estimate of drug-likeness (QED) is 0.330. The first kappa shape index (κ1) is 23.0. The predicted molar refractivity (Wildman–Crippen MR) is 139 cm³/mol. The van der Waals surface area contributed by atoms with E-state index in [4.69, 9.17) is 4.74 Å².